The van der Waals surface area contributed by atoms with Crippen LogP contribution in [0.15, 0.2) is 46.9 Å². The zero-order valence-corrected chi connectivity index (χ0v) is 10.8. The van der Waals surface area contributed by atoms with Crippen molar-refractivity contribution in [3.05, 3.63) is 58.1 Å². The Kier molecular flexibility index (Phi) is 2.33. The third-order valence-electron chi connectivity index (χ3n) is 3.29. The molecule has 3 rings (SSSR count). The summed E-state index contributed by atoms with van der Waals surface area (Å²) in [6.45, 7) is 0. The third-order valence-corrected chi connectivity index (χ3v) is 3.78. The minimum Gasteiger partial charge on any atom is -0.479 e. The average molecular weight is 305 g/mol. The second-order valence-electron chi connectivity index (χ2n) is 4.25. The Hall–Kier alpha value is -1.65. The molecule has 3 nitrogen and oxygen atoms in total. The number of aliphatic hydroxyl groups is 1. The fourth-order valence-corrected chi connectivity index (χ4v) is 2.82. The van der Waals surface area contributed by atoms with Crippen molar-refractivity contribution in [3.8, 4) is 11.1 Å². The summed E-state index contributed by atoms with van der Waals surface area (Å²) < 4.78 is 0.744. The Morgan fingerprint density at radius 3 is 2.44 bits per heavy atom. The summed E-state index contributed by atoms with van der Waals surface area (Å²) >= 11 is 3.31. The molecule has 0 amide bonds. The molecule has 4 heteroatoms. The zero-order valence-electron chi connectivity index (χ0n) is 9.22. The van der Waals surface area contributed by atoms with Crippen LogP contribution >= 0.6 is 15.9 Å². The van der Waals surface area contributed by atoms with Crippen LogP contribution < -0.4 is 0 Å². The topological polar surface area (TPSA) is 57.5 Å². The van der Waals surface area contributed by atoms with Gasteiger partial charge in [-0.3, -0.25) is 0 Å². The first-order valence-corrected chi connectivity index (χ1v) is 6.20. The van der Waals surface area contributed by atoms with Crippen LogP contribution in [0.4, 0.5) is 0 Å². The summed E-state index contributed by atoms with van der Waals surface area (Å²) in [6, 6.07) is 12.3. The van der Waals surface area contributed by atoms with E-state index < -0.39 is 11.6 Å². The minimum absolute atomic E-state index is 0.408. The van der Waals surface area contributed by atoms with Crippen molar-refractivity contribution in [2.75, 3.05) is 0 Å². The van der Waals surface area contributed by atoms with Crippen molar-refractivity contribution < 1.29 is 15.0 Å². The molecule has 0 heterocycles. The van der Waals surface area contributed by atoms with Gasteiger partial charge >= 0.3 is 5.97 Å². The molecule has 0 aromatic heterocycles. The molecule has 18 heavy (non-hydrogen) atoms. The minimum atomic E-state index is -1.96. The monoisotopic (exact) mass is 304 g/mol. The number of carbonyl (C=O) groups is 1. The van der Waals surface area contributed by atoms with Gasteiger partial charge in [0.15, 0.2) is 0 Å². The van der Waals surface area contributed by atoms with Crippen molar-refractivity contribution in [1.82, 2.24) is 0 Å². The average Bonchev–Trinajstić information content (AvgIpc) is 2.61. The fourth-order valence-electron chi connectivity index (χ4n) is 2.46. The highest BCUT2D eigenvalue weighted by molar-refractivity contribution is 9.10. The summed E-state index contributed by atoms with van der Waals surface area (Å²) in [5, 5.41) is 20.0. The molecule has 1 aliphatic carbocycles. The van der Waals surface area contributed by atoms with Crippen LogP contribution in [0.5, 0.6) is 0 Å². The van der Waals surface area contributed by atoms with Gasteiger partial charge in [-0.15, -0.1) is 0 Å². The molecular formula is C14H9BrO3. The molecule has 2 aromatic rings. The van der Waals surface area contributed by atoms with Gasteiger partial charge in [-0.25, -0.2) is 4.79 Å². The van der Waals surface area contributed by atoms with Crippen molar-refractivity contribution in [1.29, 1.82) is 0 Å². The maximum absolute atomic E-state index is 11.5. The Bertz CT molecular complexity index is 666. The number of rotatable bonds is 1. The zero-order chi connectivity index (χ0) is 12.9. The van der Waals surface area contributed by atoms with E-state index in [1.807, 2.05) is 24.3 Å². The van der Waals surface area contributed by atoms with Gasteiger partial charge in [-0.2, -0.15) is 0 Å². The van der Waals surface area contributed by atoms with Crippen molar-refractivity contribution in [3.63, 3.8) is 0 Å². The van der Waals surface area contributed by atoms with Gasteiger partial charge in [0.25, 0.3) is 0 Å². The number of carboxylic acid groups (broad SMARTS) is 1. The maximum Gasteiger partial charge on any atom is 0.345 e. The molecule has 0 saturated heterocycles. The highest BCUT2D eigenvalue weighted by atomic mass is 79.9. The summed E-state index contributed by atoms with van der Waals surface area (Å²) in [4.78, 5) is 11.5. The van der Waals surface area contributed by atoms with Crippen molar-refractivity contribution in [2.45, 2.75) is 5.60 Å². The second kappa shape index (κ2) is 3.67. The van der Waals surface area contributed by atoms with Crippen LogP contribution in [0.1, 0.15) is 11.1 Å². The van der Waals surface area contributed by atoms with Crippen LogP contribution in [0, 0.1) is 0 Å². The first kappa shape index (κ1) is 11.4. The van der Waals surface area contributed by atoms with Gasteiger partial charge in [0.2, 0.25) is 5.60 Å². The highest BCUT2D eigenvalue weighted by Gasteiger charge is 2.48. The summed E-state index contributed by atoms with van der Waals surface area (Å²) in [6.07, 6.45) is 0. The molecule has 1 atom stereocenters. The third kappa shape index (κ3) is 1.30. The van der Waals surface area contributed by atoms with Crippen LogP contribution in [0.25, 0.3) is 11.1 Å². The molecular weight excluding hydrogens is 296 g/mol. The van der Waals surface area contributed by atoms with Gasteiger partial charge in [-0.05, 0) is 23.3 Å². The van der Waals surface area contributed by atoms with Crippen LogP contribution in [0.2, 0.25) is 0 Å². The summed E-state index contributed by atoms with van der Waals surface area (Å²) in [7, 11) is 0. The smallest absolute Gasteiger partial charge is 0.345 e. The summed E-state index contributed by atoms with van der Waals surface area (Å²) in [5.41, 5.74) is 0.398. The Morgan fingerprint density at radius 1 is 1.06 bits per heavy atom. The summed E-state index contributed by atoms with van der Waals surface area (Å²) in [5.74, 6) is -1.26. The van der Waals surface area contributed by atoms with E-state index in [2.05, 4.69) is 15.9 Å². The van der Waals surface area contributed by atoms with Gasteiger partial charge in [-0.1, -0.05) is 46.3 Å². The molecule has 2 aromatic carbocycles. The predicted molar refractivity (Wildman–Crippen MR) is 70.2 cm³/mol. The molecule has 1 aliphatic rings. The molecule has 0 bridgehead atoms. The Morgan fingerprint density at radius 2 is 1.72 bits per heavy atom. The Labute approximate surface area is 112 Å². The largest absolute Gasteiger partial charge is 0.479 e. The quantitative estimate of drug-likeness (QED) is 0.852. The van der Waals surface area contributed by atoms with E-state index in [1.54, 1.807) is 18.2 Å². The van der Waals surface area contributed by atoms with Gasteiger partial charge in [0.05, 0.1) is 0 Å². The van der Waals surface area contributed by atoms with Gasteiger partial charge < -0.3 is 10.2 Å². The molecule has 1 unspecified atom stereocenters. The number of halogens is 1. The normalized spacial score (nSPS) is 20.3. The number of hydrogen-bond acceptors (Lipinski definition) is 2. The molecule has 0 radical (unpaired) electrons. The first-order chi connectivity index (χ1) is 8.55. The lowest BCUT2D eigenvalue weighted by molar-refractivity contribution is -0.154. The number of fused-ring (bicyclic) bond motifs is 3. The number of carboxylic acids is 1. The van der Waals surface area contributed by atoms with Gasteiger partial charge in [0, 0.05) is 15.6 Å². The van der Waals surface area contributed by atoms with E-state index in [-0.39, 0.29) is 0 Å². The molecule has 0 spiro atoms. The SMILES string of the molecule is O=C(O)C1(O)c2ccccc2-c2ccc(Br)cc21. The van der Waals surface area contributed by atoms with Gasteiger partial charge in [0.1, 0.15) is 0 Å². The number of aliphatic carboxylic acids is 1. The molecule has 0 fully saturated rings. The highest BCUT2D eigenvalue weighted by Crippen LogP contribution is 2.48. The van der Waals surface area contributed by atoms with Crippen LogP contribution in [0.3, 0.4) is 0 Å². The molecule has 0 saturated carbocycles. The lowest BCUT2D eigenvalue weighted by Crippen LogP contribution is -2.34. The van der Waals surface area contributed by atoms with Crippen LogP contribution in [-0.2, 0) is 10.4 Å². The standard InChI is InChI=1S/C14H9BrO3/c15-8-5-6-10-9-3-1-2-4-11(9)14(18,13(16)17)12(10)7-8/h1-7,18H,(H,16,17). The molecule has 90 valence electrons. The van der Waals surface area contributed by atoms with Crippen LogP contribution in [-0.4, -0.2) is 16.2 Å². The first-order valence-electron chi connectivity index (χ1n) is 5.41. The van der Waals surface area contributed by atoms with Crippen molar-refractivity contribution in [2.24, 2.45) is 0 Å². The Balaban J connectivity index is 2.42. The van der Waals surface area contributed by atoms with E-state index >= 15 is 0 Å². The second-order valence-corrected chi connectivity index (χ2v) is 5.17. The number of hydrogen-bond donors (Lipinski definition) is 2. The van der Waals surface area contributed by atoms with E-state index in [4.69, 9.17) is 0 Å². The van der Waals surface area contributed by atoms with E-state index in [9.17, 15) is 15.0 Å². The molecule has 0 aliphatic heterocycles. The molecule has 2 N–H and O–H groups in total. The predicted octanol–water partition coefficient (Wildman–Crippen LogP) is 2.75. The van der Waals surface area contributed by atoms with Crippen molar-refractivity contribution >= 4 is 21.9 Å². The fraction of sp³-hybridized carbons (Fsp3) is 0.0714. The number of benzene rings is 2. The van der Waals surface area contributed by atoms with E-state index in [0.29, 0.717) is 11.1 Å². The lowest BCUT2D eigenvalue weighted by atomic mass is 9.92. The lowest BCUT2D eigenvalue weighted by Gasteiger charge is -2.20. The van der Waals surface area contributed by atoms with E-state index in [1.165, 1.54) is 0 Å². The van der Waals surface area contributed by atoms with E-state index in [0.717, 1.165) is 15.6 Å². The maximum atomic E-state index is 11.5.